The van der Waals surface area contributed by atoms with E-state index >= 15 is 0 Å². The van der Waals surface area contributed by atoms with Crippen LogP contribution in [0.2, 0.25) is 0 Å². The van der Waals surface area contributed by atoms with Crippen LogP contribution < -0.4 is 5.32 Å². The molecule has 1 fully saturated rings. The Morgan fingerprint density at radius 3 is 2.74 bits per heavy atom. The fourth-order valence-corrected chi connectivity index (χ4v) is 5.03. The second-order valence-corrected chi connectivity index (χ2v) is 9.73. The maximum Gasteiger partial charge on any atom is 0.253 e. The molecule has 3 aromatic rings. The zero-order chi connectivity index (χ0) is 21.8. The van der Waals surface area contributed by atoms with E-state index in [0.29, 0.717) is 18.4 Å². The predicted molar refractivity (Wildman–Crippen MR) is 125 cm³/mol. The van der Waals surface area contributed by atoms with Crippen molar-refractivity contribution in [1.82, 2.24) is 24.8 Å². The number of aromatic nitrogens is 4. The molecule has 7 heteroatoms. The van der Waals surface area contributed by atoms with Gasteiger partial charge in [0.2, 0.25) is 0 Å². The van der Waals surface area contributed by atoms with Gasteiger partial charge in [-0.3, -0.25) is 14.8 Å². The van der Waals surface area contributed by atoms with E-state index in [1.54, 1.807) is 29.9 Å². The van der Waals surface area contributed by atoms with E-state index in [2.05, 4.69) is 46.0 Å². The summed E-state index contributed by atoms with van der Waals surface area (Å²) in [5.41, 5.74) is 4.46. The molecule has 3 heterocycles. The molecule has 6 nitrogen and oxygen atoms in total. The van der Waals surface area contributed by atoms with Crippen LogP contribution in [-0.2, 0) is 6.54 Å². The lowest BCUT2D eigenvalue weighted by Crippen LogP contribution is -2.27. The van der Waals surface area contributed by atoms with Crippen molar-refractivity contribution in [2.24, 2.45) is 11.8 Å². The summed E-state index contributed by atoms with van der Waals surface area (Å²) in [4.78, 5) is 26.3. The van der Waals surface area contributed by atoms with Gasteiger partial charge in [-0.2, -0.15) is 0 Å². The highest BCUT2D eigenvalue weighted by Gasteiger charge is 2.23. The van der Waals surface area contributed by atoms with E-state index < -0.39 is 0 Å². The average Bonchev–Trinajstić information content (AvgIpc) is 3.39. The first kappa shape index (κ1) is 21.7. The molecule has 1 aliphatic rings. The Morgan fingerprint density at radius 1 is 1.23 bits per heavy atom. The minimum Gasteiger partial charge on any atom is -0.352 e. The highest BCUT2D eigenvalue weighted by molar-refractivity contribution is 7.13. The van der Waals surface area contributed by atoms with Crippen molar-refractivity contribution in [2.75, 3.05) is 6.54 Å². The van der Waals surface area contributed by atoms with Crippen molar-refractivity contribution in [3.63, 3.8) is 0 Å². The molecule has 1 saturated carbocycles. The third kappa shape index (κ3) is 5.03. The van der Waals surface area contributed by atoms with Crippen LogP contribution >= 0.6 is 11.3 Å². The first-order valence-corrected chi connectivity index (χ1v) is 12.1. The number of thiazole rings is 1. The van der Waals surface area contributed by atoms with Crippen molar-refractivity contribution in [1.29, 1.82) is 0 Å². The molecule has 31 heavy (non-hydrogen) atoms. The molecule has 4 rings (SSSR count). The van der Waals surface area contributed by atoms with Crippen molar-refractivity contribution in [3.05, 3.63) is 41.3 Å². The number of nitrogens with one attached hydrogen (secondary N) is 1. The molecule has 1 aliphatic carbocycles. The van der Waals surface area contributed by atoms with Crippen molar-refractivity contribution in [3.8, 4) is 22.1 Å². The molecule has 0 bridgehead atoms. The Balaban J connectivity index is 1.68. The van der Waals surface area contributed by atoms with Gasteiger partial charge in [-0.15, -0.1) is 11.3 Å². The van der Waals surface area contributed by atoms with Crippen molar-refractivity contribution < 1.29 is 4.79 Å². The summed E-state index contributed by atoms with van der Waals surface area (Å²) in [6.45, 7) is 7.89. The van der Waals surface area contributed by atoms with E-state index in [1.807, 2.05) is 6.07 Å². The fraction of sp³-hybridized carbons (Fsp3) is 0.500. The largest absolute Gasteiger partial charge is 0.352 e. The molecule has 0 aliphatic heterocycles. The summed E-state index contributed by atoms with van der Waals surface area (Å²) in [7, 11) is 0. The minimum absolute atomic E-state index is 0.000719. The summed E-state index contributed by atoms with van der Waals surface area (Å²) < 4.78 is 2.32. The molecule has 0 radical (unpaired) electrons. The Bertz CT molecular complexity index is 1020. The van der Waals surface area contributed by atoms with E-state index in [1.165, 1.54) is 32.1 Å². The molecular formula is C24H31N5OS. The standard InChI is InChI=1S/C24H31N5OS/c1-16(2)12-27-23(30)19-11-22(29(17(19)3)14-18-7-5-4-6-8-18)21-15-31-24(28-21)20-13-25-9-10-26-20/h9-11,13,15-16,18H,4-8,12,14H2,1-3H3,(H,27,30). The summed E-state index contributed by atoms with van der Waals surface area (Å²) in [5, 5.41) is 5.98. The summed E-state index contributed by atoms with van der Waals surface area (Å²) >= 11 is 1.56. The van der Waals surface area contributed by atoms with E-state index in [-0.39, 0.29) is 5.91 Å². The number of hydrogen-bond acceptors (Lipinski definition) is 5. The lowest BCUT2D eigenvalue weighted by Gasteiger charge is -2.24. The van der Waals surface area contributed by atoms with Crippen LogP contribution in [0.1, 0.15) is 62.0 Å². The Morgan fingerprint density at radius 2 is 2.03 bits per heavy atom. The lowest BCUT2D eigenvalue weighted by atomic mass is 9.89. The molecule has 0 saturated heterocycles. The van der Waals surface area contributed by atoms with Crippen molar-refractivity contribution in [2.45, 2.75) is 59.4 Å². The van der Waals surface area contributed by atoms with E-state index in [0.717, 1.165) is 39.9 Å². The first-order chi connectivity index (χ1) is 15.0. The Labute approximate surface area is 188 Å². The fourth-order valence-electron chi connectivity index (χ4n) is 4.26. The van der Waals surface area contributed by atoms with Gasteiger partial charge in [0, 0.05) is 36.6 Å². The van der Waals surface area contributed by atoms with Gasteiger partial charge in [0.1, 0.15) is 10.7 Å². The van der Waals surface area contributed by atoms with Gasteiger partial charge in [0.15, 0.2) is 0 Å². The molecule has 164 valence electrons. The third-order valence-corrected chi connectivity index (χ3v) is 6.86. The van der Waals surface area contributed by atoms with Gasteiger partial charge in [-0.1, -0.05) is 33.1 Å². The topological polar surface area (TPSA) is 72.7 Å². The minimum atomic E-state index is -0.000719. The van der Waals surface area contributed by atoms with Crippen molar-refractivity contribution >= 4 is 17.2 Å². The number of nitrogens with zero attached hydrogens (tertiary/aromatic N) is 4. The second-order valence-electron chi connectivity index (χ2n) is 8.88. The summed E-state index contributed by atoms with van der Waals surface area (Å²) in [6.07, 6.45) is 11.5. The number of carbonyl (C=O) groups is 1. The number of hydrogen-bond donors (Lipinski definition) is 1. The molecule has 0 unspecified atom stereocenters. The van der Waals surface area contributed by atoms with Crippen LogP contribution in [0.25, 0.3) is 22.1 Å². The van der Waals surface area contributed by atoms with Gasteiger partial charge in [0.25, 0.3) is 5.91 Å². The van der Waals surface area contributed by atoms with Crippen LogP contribution in [0.4, 0.5) is 0 Å². The van der Waals surface area contributed by atoms with Crippen LogP contribution in [0.15, 0.2) is 30.0 Å². The normalized spacial score (nSPS) is 14.8. The highest BCUT2D eigenvalue weighted by atomic mass is 32.1. The maximum atomic E-state index is 12.9. The highest BCUT2D eigenvalue weighted by Crippen LogP contribution is 2.33. The molecule has 1 N–H and O–H groups in total. The smallest absolute Gasteiger partial charge is 0.253 e. The van der Waals surface area contributed by atoms with Crippen LogP contribution in [-0.4, -0.2) is 32.0 Å². The lowest BCUT2D eigenvalue weighted by molar-refractivity contribution is 0.0948. The zero-order valence-corrected chi connectivity index (χ0v) is 19.4. The molecule has 1 amide bonds. The third-order valence-electron chi connectivity index (χ3n) is 6.00. The zero-order valence-electron chi connectivity index (χ0n) is 18.6. The maximum absolute atomic E-state index is 12.9. The van der Waals surface area contributed by atoms with Gasteiger partial charge in [-0.25, -0.2) is 4.98 Å². The molecule has 0 aromatic carbocycles. The quantitative estimate of drug-likeness (QED) is 0.541. The monoisotopic (exact) mass is 437 g/mol. The predicted octanol–water partition coefficient (Wildman–Crippen LogP) is 5.34. The van der Waals surface area contributed by atoms with Crippen LogP contribution in [0.3, 0.4) is 0 Å². The molecule has 0 spiro atoms. The van der Waals surface area contributed by atoms with E-state index in [9.17, 15) is 4.79 Å². The molecule has 0 atom stereocenters. The summed E-state index contributed by atoms with van der Waals surface area (Å²) in [6, 6.07) is 2.02. The first-order valence-electron chi connectivity index (χ1n) is 11.2. The SMILES string of the molecule is Cc1c(C(=O)NCC(C)C)cc(-c2csc(-c3cnccn3)n2)n1CC1CCCCC1. The van der Waals surface area contributed by atoms with Gasteiger partial charge in [0.05, 0.1) is 23.1 Å². The summed E-state index contributed by atoms with van der Waals surface area (Å²) in [5.74, 6) is 1.07. The van der Waals surface area contributed by atoms with Crippen LogP contribution in [0, 0.1) is 18.8 Å². The number of carbonyl (C=O) groups excluding carboxylic acids is 1. The Kier molecular flexibility index (Phi) is 6.80. The van der Waals surface area contributed by atoms with Gasteiger partial charge >= 0.3 is 0 Å². The van der Waals surface area contributed by atoms with Gasteiger partial charge in [-0.05, 0) is 37.7 Å². The van der Waals surface area contributed by atoms with Crippen LogP contribution in [0.5, 0.6) is 0 Å². The second kappa shape index (κ2) is 9.73. The molecule has 3 aromatic heterocycles. The molecular weight excluding hydrogens is 406 g/mol. The number of amides is 1. The van der Waals surface area contributed by atoms with E-state index in [4.69, 9.17) is 4.98 Å². The average molecular weight is 438 g/mol. The number of rotatable bonds is 7. The van der Waals surface area contributed by atoms with Gasteiger partial charge < -0.3 is 9.88 Å². The Hall–Kier alpha value is -2.54.